The zero-order valence-corrected chi connectivity index (χ0v) is 16.2. The molecule has 0 aliphatic rings. The maximum Gasteiger partial charge on any atom is 0.573 e. The average molecular weight is 413 g/mol. The first-order valence-corrected chi connectivity index (χ1v) is 9.06. The number of benzene rings is 1. The van der Waals surface area contributed by atoms with E-state index in [0.717, 1.165) is 11.3 Å². The lowest BCUT2D eigenvalue weighted by Gasteiger charge is -2.21. The normalized spacial score (nSPS) is 12.0. The van der Waals surface area contributed by atoms with Crippen molar-refractivity contribution in [3.63, 3.8) is 0 Å². The zero-order chi connectivity index (χ0) is 20.5. The monoisotopic (exact) mass is 413 g/mol. The molecular formula is C17H18F3N5O2S. The Hall–Kier alpha value is -2.66. The van der Waals surface area contributed by atoms with Crippen molar-refractivity contribution in [2.24, 2.45) is 7.05 Å². The van der Waals surface area contributed by atoms with Gasteiger partial charge in [-0.1, -0.05) is 11.3 Å². The number of nitrogens with zero attached hydrogens (tertiary/aromatic N) is 5. The fourth-order valence-corrected chi connectivity index (χ4v) is 3.48. The summed E-state index contributed by atoms with van der Waals surface area (Å²) in [5.74, 6) is -0.653. The highest BCUT2D eigenvalue weighted by Gasteiger charge is 2.31. The van der Waals surface area contributed by atoms with Gasteiger partial charge >= 0.3 is 6.36 Å². The highest BCUT2D eigenvalue weighted by molar-refractivity contribution is 7.22. The molecule has 0 saturated carbocycles. The molecule has 1 amide bonds. The maximum absolute atomic E-state index is 12.9. The Labute approximate surface area is 162 Å². The van der Waals surface area contributed by atoms with Crippen molar-refractivity contribution in [3.05, 3.63) is 36.2 Å². The summed E-state index contributed by atoms with van der Waals surface area (Å²) in [5.41, 5.74) is 0.750. The van der Waals surface area contributed by atoms with Gasteiger partial charge in [0, 0.05) is 32.4 Å². The highest BCUT2D eigenvalue weighted by Crippen LogP contribution is 2.33. The van der Waals surface area contributed by atoms with Gasteiger partial charge in [-0.05, 0) is 32.3 Å². The van der Waals surface area contributed by atoms with Crippen molar-refractivity contribution in [2.45, 2.75) is 6.36 Å². The number of hydrogen-bond donors (Lipinski definition) is 0. The number of carbonyl (C=O) groups excluding carboxylic acids is 1. The molecule has 1 aromatic carbocycles. The molecular weight excluding hydrogens is 395 g/mol. The molecule has 11 heteroatoms. The van der Waals surface area contributed by atoms with Gasteiger partial charge in [0.05, 0.1) is 10.2 Å². The third-order valence-electron chi connectivity index (χ3n) is 3.76. The van der Waals surface area contributed by atoms with Gasteiger partial charge in [0.15, 0.2) is 10.8 Å². The Morgan fingerprint density at radius 2 is 2.00 bits per heavy atom. The van der Waals surface area contributed by atoms with E-state index in [1.54, 1.807) is 19.3 Å². The van der Waals surface area contributed by atoms with Crippen LogP contribution >= 0.6 is 11.3 Å². The highest BCUT2D eigenvalue weighted by atomic mass is 32.1. The van der Waals surface area contributed by atoms with Crippen LogP contribution < -0.4 is 9.64 Å². The molecule has 150 valence electrons. The molecule has 2 aromatic heterocycles. The van der Waals surface area contributed by atoms with E-state index in [1.165, 1.54) is 27.8 Å². The van der Waals surface area contributed by atoms with Gasteiger partial charge in [0.1, 0.15) is 5.75 Å². The van der Waals surface area contributed by atoms with Crippen LogP contribution in [0.2, 0.25) is 0 Å². The van der Waals surface area contributed by atoms with Crippen LogP contribution in [0.25, 0.3) is 10.2 Å². The summed E-state index contributed by atoms with van der Waals surface area (Å²) in [4.78, 5) is 20.7. The lowest BCUT2D eigenvalue weighted by atomic mass is 10.3. The number of aromatic nitrogens is 3. The van der Waals surface area contributed by atoms with Gasteiger partial charge in [-0.25, -0.2) is 4.98 Å². The molecule has 0 fully saturated rings. The first kappa shape index (κ1) is 20.1. The van der Waals surface area contributed by atoms with Crippen molar-refractivity contribution < 1.29 is 22.7 Å². The number of aryl methyl sites for hydroxylation is 1. The second-order valence-corrected chi connectivity index (χ2v) is 7.32. The van der Waals surface area contributed by atoms with Crippen LogP contribution in [0.1, 0.15) is 10.5 Å². The Morgan fingerprint density at radius 3 is 2.61 bits per heavy atom. The first-order valence-electron chi connectivity index (χ1n) is 8.25. The van der Waals surface area contributed by atoms with E-state index < -0.39 is 6.36 Å². The van der Waals surface area contributed by atoms with E-state index in [-0.39, 0.29) is 17.4 Å². The third kappa shape index (κ3) is 4.78. The maximum atomic E-state index is 12.9. The average Bonchev–Trinajstić information content (AvgIpc) is 3.18. The molecule has 2 heterocycles. The van der Waals surface area contributed by atoms with E-state index in [2.05, 4.69) is 14.8 Å². The fraction of sp³-hybridized carbons (Fsp3) is 0.353. The lowest BCUT2D eigenvalue weighted by molar-refractivity contribution is -0.274. The summed E-state index contributed by atoms with van der Waals surface area (Å²) < 4.78 is 43.3. The van der Waals surface area contributed by atoms with E-state index in [4.69, 9.17) is 0 Å². The number of alkyl halides is 3. The van der Waals surface area contributed by atoms with Crippen LogP contribution in [0.15, 0.2) is 30.5 Å². The molecule has 0 unspecified atom stereocenters. The predicted octanol–water partition coefficient (Wildman–Crippen LogP) is 3.14. The number of fused-ring (bicyclic) bond motifs is 1. The van der Waals surface area contributed by atoms with Gasteiger partial charge in [0.25, 0.3) is 5.91 Å². The van der Waals surface area contributed by atoms with Crippen LogP contribution in [-0.2, 0) is 7.05 Å². The van der Waals surface area contributed by atoms with E-state index in [1.807, 2.05) is 19.0 Å². The number of halogens is 3. The quantitative estimate of drug-likeness (QED) is 0.621. The van der Waals surface area contributed by atoms with E-state index >= 15 is 0 Å². The Balaban J connectivity index is 1.94. The predicted molar refractivity (Wildman–Crippen MR) is 99.7 cm³/mol. The second-order valence-electron chi connectivity index (χ2n) is 6.31. The Bertz CT molecular complexity index is 983. The summed E-state index contributed by atoms with van der Waals surface area (Å²) in [6.45, 7) is 0.936. The van der Waals surface area contributed by atoms with E-state index in [0.29, 0.717) is 28.4 Å². The van der Waals surface area contributed by atoms with Crippen molar-refractivity contribution in [2.75, 3.05) is 32.1 Å². The minimum absolute atomic E-state index is 0.265. The molecule has 3 aromatic rings. The van der Waals surface area contributed by atoms with Crippen LogP contribution in [0.5, 0.6) is 5.75 Å². The molecule has 0 atom stereocenters. The number of likely N-dealkylation sites (N-methyl/N-ethyl adjacent to an activating group) is 1. The van der Waals surface area contributed by atoms with Crippen LogP contribution in [-0.4, -0.2) is 59.1 Å². The van der Waals surface area contributed by atoms with Crippen LogP contribution in [0.4, 0.5) is 18.3 Å². The Kier molecular flexibility index (Phi) is 5.57. The van der Waals surface area contributed by atoms with Crippen molar-refractivity contribution in [3.8, 4) is 5.75 Å². The molecule has 0 radical (unpaired) electrons. The van der Waals surface area contributed by atoms with Crippen LogP contribution in [0.3, 0.4) is 0 Å². The molecule has 0 saturated heterocycles. The number of carbonyl (C=O) groups is 1. The van der Waals surface area contributed by atoms with Crippen molar-refractivity contribution >= 4 is 32.6 Å². The second kappa shape index (κ2) is 7.76. The molecule has 0 spiro atoms. The minimum Gasteiger partial charge on any atom is -0.406 e. The lowest BCUT2D eigenvalue weighted by Crippen LogP contribution is -2.37. The topological polar surface area (TPSA) is 63.5 Å². The van der Waals surface area contributed by atoms with Crippen LogP contribution in [0, 0.1) is 0 Å². The summed E-state index contributed by atoms with van der Waals surface area (Å²) in [6, 6.07) is 5.50. The zero-order valence-electron chi connectivity index (χ0n) is 15.4. The van der Waals surface area contributed by atoms with E-state index in [9.17, 15) is 18.0 Å². The van der Waals surface area contributed by atoms with Gasteiger partial charge in [-0.2, -0.15) is 5.10 Å². The molecule has 0 aliphatic heterocycles. The van der Waals surface area contributed by atoms with Gasteiger partial charge in [-0.3, -0.25) is 14.4 Å². The number of amides is 1. The summed E-state index contributed by atoms with van der Waals surface area (Å²) in [7, 11) is 5.46. The van der Waals surface area contributed by atoms with Gasteiger partial charge in [0.2, 0.25) is 0 Å². The van der Waals surface area contributed by atoms with Gasteiger partial charge < -0.3 is 9.64 Å². The fourth-order valence-electron chi connectivity index (χ4n) is 2.46. The number of ether oxygens (including phenoxy) is 1. The Morgan fingerprint density at radius 1 is 1.25 bits per heavy atom. The van der Waals surface area contributed by atoms with Crippen molar-refractivity contribution in [1.29, 1.82) is 0 Å². The molecule has 0 N–H and O–H groups in total. The standard InChI is InChI=1S/C17H18F3N5O2S/c1-23(2)8-9-25(15(26)13-6-7-24(3)22-13)16-21-12-5-4-11(10-14(12)28-16)27-17(18,19)20/h4-7,10H,8-9H2,1-3H3. The van der Waals surface area contributed by atoms with Crippen molar-refractivity contribution in [1.82, 2.24) is 19.7 Å². The summed E-state index contributed by atoms with van der Waals surface area (Å²) >= 11 is 1.12. The summed E-state index contributed by atoms with van der Waals surface area (Å²) in [6.07, 6.45) is -3.11. The summed E-state index contributed by atoms with van der Waals surface area (Å²) in [5, 5.41) is 4.52. The SMILES string of the molecule is CN(C)CCN(C(=O)c1ccn(C)n1)c1nc2ccc(OC(F)(F)F)cc2s1. The molecule has 28 heavy (non-hydrogen) atoms. The molecule has 0 aliphatic carbocycles. The number of hydrogen-bond acceptors (Lipinski definition) is 6. The largest absolute Gasteiger partial charge is 0.573 e. The van der Waals surface area contributed by atoms with Gasteiger partial charge in [-0.15, -0.1) is 13.2 Å². The molecule has 3 rings (SSSR count). The number of rotatable bonds is 6. The number of thiazole rings is 1. The number of anilines is 1. The molecule has 7 nitrogen and oxygen atoms in total. The minimum atomic E-state index is -4.77. The first-order chi connectivity index (χ1) is 13.1. The molecule has 0 bridgehead atoms. The smallest absolute Gasteiger partial charge is 0.406 e. The third-order valence-corrected chi connectivity index (χ3v) is 4.80.